The third-order valence-corrected chi connectivity index (χ3v) is 3.08. The molecular weight excluding hydrogens is 218 g/mol. The molecule has 0 amide bonds. The van der Waals surface area contributed by atoms with E-state index in [1.165, 1.54) is 0 Å². The first-order valence-corrected chi connectivity index (χ1v) is 5.51. The van der Waals surface area contributed by atoms with Crippen LogP contribution in [0.3, 0.4) is 0 Å². The molecule has 0 spiro atoms. The second-order valence-corrected chi connectivity index (χ2v) is 4.26. The van der Waals surface area contributed by atoms with Gasteiger partial charge in [0, 0.05) is 12.1 Å². The lowest BCUT2D eigenvalue weighted by molar-refractivity contribution is -0.133. The van der Waals surface area contributed by atoms with E-state index in [-0.39, 0.29) is 11.8 Å². The molecule has 90 valence electrons. The third-order valence-electron chi connectivity index (χ3n) is 3.08. The molecular formula is C13H15NO3. The molecule has 0 aromatic heterocycles. The van der Waals surface area contributed by atoms with Gasteiger partial charge < -0.3 is 10.2 Å². The molecule has 1 aromatic rings. The minimum absolute atomic E-state index is 0.0320. The van der Waals surface area contributed by atoms with Crippen LogP contribution in [-0.4, -0.2) is 34.7 Å². The quantitative estimate of drug-likeness (QED) is 0.817. The van der Waals surface area contributed by atoms with Crippen LogP contribution in [0.5, 0.6) is 5.75 Å². The highest BCUT2D eigenvalue weighted by atomic mass is 16.4. The summed E-state index contributed by atoms with van der Waals surface area (Å²) in [5.41, 5.74) is 1.45. The van der Waals surface area contributed by atoms with Gasteiger partial charge in [0.15, 0.2) is 0 Å². The summed E-state index contributed by atoms with van der Waals surface area (Å²) in [5.74, 6) is -0.628. The molecule has 2 rings (SSSR count). The first kappa shape index (κ1) is 11.7. The molecule has 4 heteroatoms. The van der Waals surface area contributed by atoms with Crippen LogP contribution in [-0.2, 0) is 4.79 Å². The van der Waals surface area contributed by atoms with E-state index in [4.69, 9.17) is 5.11 Å². The molecule has 17 heavy (non-hydrogen) atoms. The van der Waals surface area contributed by atoms with E-state index >= 15 is 0 Å². The fourth-order valence-electron chi connectivity index (χ4n) is 2.04. The Labute approximate surface area is 99.8 Å². The number of likely N-dealkylation sites (N-methyl/N-ethyl adjacent to an activating group) is 1. The van der Waals surface area contributed by atoms with Crippen molar-refractivity contribution in [1.29, 1.82) is 0 Å². The fraction of sp³-hybridized carbons (Fsp3) is 0.308. The van der Waals surface area contributed by atoms with Crippen LogP contribution in [0.4, 0.5) is 0 Å². The van der Waals surface area contributed by atoms with E-state index < -0.39 is 5.97 Å². The molecule has 0 saturated heterocycles. The summed E-state index contributed by atoms with van der Waals surface area (Å²) >= 11 is 0. The van der Waals surface area contributed by atoms with Gasteiger partial charge in [-0.25, -0.2) is 4.79 Å². The molecule has 1 aliphatic heterocycles. The highest BCUT2D eigenvalue weighted by Crippen LogP contribution is 2.28. The number of rotatable bonds is 2. The largest absolute Gasteiger partial charge is 0.508 e. The number of benzene rings is 1. The van der Waals surface area contributed by atoms with Crippen molar-refractivity contribution < 1.29 is 15.0 Å². The van der Waals surface area contributed by atoms with Crippen LogP contribution < -0.4 is 0 Å². The Morgan fingerprint density at radius 2 is 2.00 bits per heavy atom. The number of phenolic OH excluding ortho intramolecular Hbond substituents is 1. The zero-order chi connectivity index (χ0) is 12.4. The van der Waals surface area contributed by atoms with Gasteiger partial charge in [-0.05, 0) is 31.2 Å². The monoisotopic (exact) mass is 233 g/mol. The number of aromatic hydroxyl groups is 1. The number of carboxylic acids is 1. The zero-order valence-electron chi connectivity index (χ0n) is 9.63. The average molecular weight is 233 g/mol. The minimum atomic E-state index is -0.845. The van der Waals surface area contributed by atoms with Crippen molar-refractivity contribution in [2.75, 3.05) is 13.6 Å². The Kier molecular flexibility index (Phi) is 3.15. The maximum absolute atomic E-state index is 11.0. The standard InChI is InChI=1S/C13H15NO3/c1-14-7-6-10(13(16)17)8-12(14)9-2-4-11(15)5-3-9/h2-5,8,12,15H,6-7H2,1H3,(H,16,17). The highest BCUT2D eigenvalue weighted by Gasteiger charge is 2.23. The van der Waals surface area contributed by atoms with Crippen molar-refractivity contribution in [2.45, 2.75) is 12.5 Å². The summed E-state index contributed by atoms with van der Waals surface area (Å²) in [5, 5.41) is 18.2. The maximum Gasteiger partial charge on any atom is 0.331 e. The van der Waals surface area contributed by atoms with Gasteiger partial charge in [-0.15, -0.1) is 0 Å². The molecule has 0 saturated carbocycles. The molecule has 4 nitrogen and oxygen atoms in total. The number of hydrogen-bond acceptors (Lipinski definition) is 3. The van der Waals surface area contributed by atoms with E-state index in [2.05, 4.69) is 4.90 Å². The average Bonchev–Trinajstić information content (AvgIpc) is 2.31. The van der Waals surface area contributed by atoms with Crippen molar-refractivity contribution in [3.63, 3.8) is 0 Å². The number of hydrogen-bond donors (Lipinski definition) is 2. The molecule has 1 aliphatic rings. The van der Waals surface area contributed by atoms with Crippen LogP contribution in [0.2, 0.25) is 0 Å². The van der Waals surface area contributed by atoms with Crippen LogP contribution in [0.1, 0.15) is 18.0 Å². The highest BCUT2D eigenvalue weighted by molar-refractivity contribution is 5.86. The van der Waals surface area contributed by atoms with E-state index in [1.807, 2.05) is 19.2 Å². The fourth-order valence-corrected chi connectivity index (χ4v) is 2.04. The number of carboxylic acid groups (broad SMARTS) is 1. The summed E-state index contributed by atoms with van der Waals surface area (Å²) in [6.07, 6.45) is 2.35. The topological polar surface area (TPSA) is 60.8 Å². The minimum Gasteiger partial charge on any atom is -0.508 e. The van der Waals surface area contributed by atoms with Crippen molar-refractivity contribution in [3.8, 4) is 5.75 Å². The molecule has 0 bridgehead atoms. The van der Waals surface area contributed by atoms with E-state index in [9.17, 15) is 9.90 Å². The van der Waals surface area contributed by atoms with Gasteiger partial charge in [0.2, 0.25) is 0 Å². The summed E-state index contributed by atoms with van der Waals surface area (Å²) in [7, 11) is 1.96. The van der Waals surface area contributed by atoms with Crippen molar-refractivity contribution >= 4 is 5.97 Å². The molecule has 1 heterocycles. The lowest BCUT2D eigenvalue weighted by Crippen LogP contribution is -2.29. The van der Waals surface area contributed by atoms with Gasteiger partial charge in [0.25, 0.3) is 0 Å². The van der Waals surface area contributed by atoms with Crippen LogP contribution >= 0.6 is 0 Å². The number of carbonyl (C=O) groups is 1. The predicted octanol–water partition coefficient (Wildman–Crippen LogP) is 1.78. The van der Waals surface area contributed by atoms with Gasteiger partial charge in [-0.2, -0.15) is 0 Å². The summed E-state index contributed by atoms with van der Waals surface area (Å²) in [6, 6.07) is 6.84. The first-order valence-electron chi connectivity index (χ1n) is 5.51. The molecule has 0 radical (unpaired) electrons. The molecule has 1 aromatic carbocycles. The Bertz CT molecular complexity index is 450. The van der Waals surface area contributed by atoms with E-state index in [0.29, 0.717) is 12.0 Å². The van der Waals surface area contributed by atoms with Crippen molar-refractivity contribution in [2.24, 2.45) is 0 Å². The Balaban J connectivity index is 2.32. The molecule has 0 fully saturated rings. The van der Waals surface area contributed by atoms with Crippen molar-refractivity contribution in [1.82, 2.24) is 4.90 Å². The summed E-state index contributed by atoms with van der Waals surface area (Å²) in [6.45, 7) is 0.726. The number of aliphatic carboxylic acids is 1. The Morgan fingerprint density at radius 3 is 2.59 bits per heavy atom. The maximum atomic E-state index is 11.0. The lowest BCUT2D eigenvalue weighted by Gasteiger charge is -2.30. The van der Waals surface area contributed by atoms with Gasteiger partial charge >= 0.3 is 5.97 Å². The predicted molar refractivity (Wildman–Crippen MR) is 63.8 cm³/mol. The first-order chi connectivity index (χ1) is 8.08. The Morgan fingerprint density at radius 1 is 1.35 bits per heavy atom. The molecule has 2 N–H and O–H groups in total. The van der Waals surface area contributed by atoms with Crippen LogP contribution in [0.15, 0.2) is 35.9 Å². The molecule has 0 aliphatic carbocycles. The lowest BCUT2D eigenvalue weighted by atomic mass is 9.97. The van der Waals surface area contributed by atoms with Gasteiger partial charge in [0.05, 0.1) is 6.04 Å². The normalized spacial score (nSPS) is 21.0. The summed E-state index contributed by atoms with van der Waals surface area (Å²) < 4.78 is 0. The zero-order valence-corrected chi connectivity index (χ0v) is 9.63. The third kappa shape index (κ3) is 2.47. The van der Waals surface area contributed by atoms with Crippen LogP contribution in [0, 0.1) is 0 Å². The SMILES string of the molecule is CN1CCC(C(=O)O)=CC1c1ccc(O)cc1. The van der Waals surface area contributed by atoms with Gasteiger partial charge in [-0.1, -0.05) is 18.2 Å². The van der Waals surface area contributed by atoms with E-state index in [0.717, 1.165) is 12.1 Å². The van der Waals surface area contributed by atoms with Gasteiger partial charge in [-0.3, -0.25) is 4.90 Å². The van der Waals surface area contributed by atoms with Crippen molar-refractivity contribution in [3.05, 3.63) is 41.5 Å². The molecule has 1 atom stereocenters. The number of phenols is 1. The number of nitrogens with zero attached hydrogens (tertiary/aromatic N) is 1. The second kappa shape index (κ2) is 4.59. The summed E-state index contributed by atoms with van der Waals surface area (Å²) in [4.78, 5) is 13.1. The van der Waals surface area contributed by atoms with Gasteiger partial charge in [0.1, 0.15) is 5.75 Å². The Hall–Kier alpha value is -1.81. The van der Waals surface area contributed by atoms with E-state index in [1.54, 1.807) is 18.2 Å². The smallest absolute Gasteiger partial charge is 0.331 e. The second-order valence-electron chi connectivity index (χ2n) is 4.26. The van der Waals surface area contributed by atoms with Crippen LogP contribution in [0.25, 0.3) is 0 Å². The molecule has 1 unspecified atom stereocenters.